The highest BCUT2D eigenvalue weighted by Crippen LogP contribution is 2.34. The number of nitrogens with two attached hydrogens (primary N) is 1. The van der Waals surface area contributed by atoms with Crippen molar-refractivity contribution in [2.75, 3.05) is 0 Å². The molecule has 4 heteroatoms. The number of benzene rings is 3. The summed E-state index contributed by atoms with van der Waals surface area (Å²) < 4.78 is 0. The van der Waals surface area contributed by atoms with Gasteiger partial charge in [0.25, 0.3) is 0 Å². The van der Waals surface area contributed by atoms with Crippen LogP contribution in [0.2, 0.25) is 0 Å². The van der Waals surface area contributed by atoms with Gasteiger partial charge in [0, 0.05) is 22.9 Å². The number of rotatable bonds is 2. The third-order valence-electron chi connectivity index (χ3n) is 5.47. The van der Waals surface area contributed by atoms with E-state index >= 15 is 0 Å². The van der Waals surface area contributed by atoms with Crippen molar-refractivity contribution in [3.63, 3.8) is 0 Å². The van der Waals surface area contributed by atoms with E-state index in [0.29, 0.717) is 6.42 Å². The molecular formula is C22H18N2O2. The van der Waals surface area contributed by atoms with Crippen molar-refractivity contribution in [2.45, 2.75) is 18.5 Å². The predicted octanol–water partition coefficient (Wildman–Crippen LogP) is 1.65. The SMILES string of the molecule is O=C([O-])[C@H]1Cc2c([nH]c3ccccc23)[C@H](c2cccc3ccccc23)[NH2+]1. The summed E-state index contributed by atoms with van der Waals surface area (Å²) in [6.45, 7) is 0. The fourth-order valence-electron chi connectivity index (χ4n) is 4.27. The third kappa shape index (κ3) is 2.23. The van der Waals surface area contributed by atoms with Gasteiger partial charge in [0.05, 0.1) is 11.7 Å². The number of carbonyl (C=O) groups excluding carboxylic acids is 1. The van der Waals surface area contributed by atoms with E-state index in [1.165, 1.54) is 0 Å². The lowest BCUT2D eigenvalue weighted by atomic mass is 9.88. The molecule has 0 fully saturated rings. The van der Waals surface area contributed by atoms with Crippen LogP contribution in [0.4, 0.5) is 0 Å². The standard InChI is InChI=1S/C22H18N2O2/c25-22(26)19-12-17-15-9-3-4-11-18(15)23-21(17)20(24-19)16-10-5-7-13-6-1-2-8-14(13)16/h1-11,19-20,23-24H,12H2,(H,25,26)/t19-,20+/m1/s1. The summed E-state index contributed by atoms with van der Waals surface area (Å²) in [7, 11) is 0. The van der Waals surface area contributed by atoms with Crippen molar-refractivity contribution in [3.8, 4) is 0 Å². The Bertz CT molecular complexity index is 1140. The Balaban J connectivity index is 1.77. The minimum absolute atomic E-state index is 0.0971. The maximum Gasteiger partial charge on any atom is 0.154 e. The Labute approximate surface area is 150 Å². The van der Waals surface area contributed by atoms with Crippen molar-refractivity contribution >= 4 is 27.6 Å². The highest BCUT2D eigenvalue weighted by Gasteiger charge is 2.35. The molecule has 2 heterocycles. The van der Waals surface area contributed by atoms with Gasteiger partial charge in [-0.15, -0.1) is 0 Å². The van der Waals surface area contributed by atoms with E-state index in [1.54, 1.807) is 0 Å². The Morgan fingerprint density at radius 1 is 0.962 bits per heavy atom. The number of aromatic amines is 1. The summed E-state index contributed by atoms with van der Waals surface area (Å²) in [5.41, 5.74) is 4.37. The van der Waals surface area contributed by atoms with Crippen LogP contribution in [0, 0.1) is 0 Å². The molecule has 0 aliphatic carbocycles. The van der Waals surface area contributed by atoms with E-state index in [-0.39, 0.29) is 6.04 Å². The van der Waals surface area contributed by atoms with Crippen LogP contribution in [-0.2, 0) is 11.2 Å². The summed E-state index contributed by atoms with van der Waals surface area (Å²) in [5, 5.41) is 17.1. The molecule has 3 aromatic carbocycles. The van der Waals surface area contributed by atoms with Gasteiger partial charge in [-0.1, -0.05) is 60.7 Å². The molecule has 0 spiro atoms. The lowest BCUT2D eigenvalue weighted by molar-refractivity contribution is -0.716. The number of hydrogen-bond acceptors (Lipinski definition) is 2. The van der Waals surface area contributed by atoms with Gasteiger partial charge < -0.3 is 20.2 Å². The number of hydrogen-bond donors (Lipinski definition) is 2. The largest absolute Gasteiger partial charge is 0.544 e. The van der Waals surface area contributed by atoms with Gasteiger partial charge in [0.15, 0.2) is 6.04 Å². The van der Waals surface area contributed by atoms with Crippen LogP contribution in [0.1, 0.15) is 22.9 Å². The Morgan fingerprint density at radius 2 is 1.69 bits per heavy atom. The first kappa shape index (κ1) is 15.2. The number of para-hydroxylation sites is 1. The highest BCUT2D eigenvalue weighted by molar-refractivity contribution is 5.89. The van der Waals surface area contributed by atoms with Crippen LogP contribution in [0.3, 0.4) is 0 Å². The van der Waals surface area contributed by atoms with Crippen LogP contribution >= 0.6 is 0 Å². The number of quaternary nitrogens is 1. The van der Waals surface area contributed by atoms with E-state index in [0.717, 1.165) is 38.5 Å². The summed E-state index contributed by atoms with van der Waals surface area (Å²) in [4.78, 5) is 15.3. The van der Waals surface area contributed by atoms with Gasteiger partial charge in [0.2, 0.25) is 0 Å². The number of nitrogens with one attached hydrogen (secondary N) is 1. The second kappa shape index (κ2) is 5.71. The smallest absolute Gasteiger partial charge is 0.154 e. The first-order valence-electron chi connectivity index (χ1n) is 8.85. The first-order valence-corrected chi connectivity index (χ1v) is 8.85. The molecule has 0 radical (unpaired) electrons. The molecule has 5 rings (SSSR count). The van der Waals surface area contributed by atoms with Gasteiger partial charge >= 0.3 is 0 Å². The maximum absolute atomic E-state index is 11.7. The minimum atomic E-state index is -1.01. The molecule has 0 saturated heterocycles. The van der Waals surface area contributed by atoms with E-state index in [4.69, 9.17) is 0 Å². The lowest BCUT2D eigenvalue weighted by Gasteiger charge is -2.29. The number of carboxylic acids is 1. The molecule has 26 heavy (non-hydrogen) atoms. The predicted molar refractivity (Wildman–Crippen MR) is 98.5 cm³/mol. The molecule has 1 aliphatic heterocycles. The van der Waals surface area contributed by atoms with Crippen LogP contribution in [0.5, 0.6) is 0 Å². The molecule has 3 N–H and O–H groups in total. The fraction of sp³-hybridized carbons (Fsp3) is 0.136. The van der Waals surface area contributed by atoms with Crippen molar-refractivity contribution in [3.05, 3.63) is 83.6 Å². The molecule has 0 amide bonds. The number of H-pyrrole nitrogens is 1. The average Bonchev–Trinajstić information content (AvgIpc) is 3.05. The normalized spacial score (nSPS) is 19.5. The Hall–Kier alpha value is -3.11. The molecule has 0 unspecified atom stereocenters. The summed E-state index contributed by atoms with van der Waals surface area (Å²) in [5.74, 6) is -1.01. The Morgan fingerprint density at radius 3 is 2.54 bits per heavy atom. The van der Waals surface area contributed by atoms with Crippen LogP contribution in [0.25, 0.3) is 21.7 Å². The van der Waals surface area contributed by atoms with Crippen molar-refractivity contribution in [2.24, 2.45) is 0 Å². The molecule has 4 nitrogen and oxygen atoms in total. The second-order valence-electron chi connectivity index (χ2n) is 6.93. The molecule has 2 atom stereocenters. The summed E-state index contributed by atoms with van der Waals surface area (Å²) in [6, 6.07) is 21.9. The third-order valence-corrected chi connectivity index (χ3v) is 5.47. The van der Waals surface area contributed by atoms with Gasteiger partial charge in [-0.05, 0) is 22.4 Å². The van der Waals surface area contributed by atoms with Crippen LogP contribution in [-0.4, -0.2) is 17.0 Å². The zero-order chi connectivity index (χ0) is 17.7. The molecular weight excluding hydrogens is 324 g/mol. The molecule has 0 bridgehead atoms. The fourth-order valence-corrected chi connectivity index (χ4v) is 4.27. The zero-order valence-electron chi connectivity index (χ0n) is 14.1. The minimum Gasteiger partial charge on any atom is -0.544 e. The van der Waals surface area contributed by atoms with Gasteiger partial charge in [-0.3, -0.25) is 0 Å². The molecule has 1 aromatic heterocycles. The molecule has 128 valence electrons. The van der Waals surface area contributed by atoms with E-state index in [9.17, 15) is 9.90 Å². The van der Waals surface area contributed by atoms with Crippen molar-refractivity contribution in [1.29, 1.82) is 0 Å². The van der Waals surface area contributed by atoms with Crippen LogP contribution in [0.15, 0.2) is 66.7 Å². The maximum atomic E-state index is 11.7. The first-order chi connectivity index (χ1) is 12.7. The average molecular weight is 342 g/mol. The molecule has 0 saturated carbocycles. The lowest BCUT2D eigenvalue weighted by Crippen LogP contribution is -2.95. The zero-order valence-corrected chi connectivity index (χ0v) is 14.1. The molecule has 1 aliphatic rings. The number of aliphatic carboxylic acids is 1. The van der Waals surface area contributed by atoms with E-state index < -0.39 is 12.0 Å². The van der Waals surface area contributed by atoms with Gasteiger partial charge in [-0.25, -0.2) is 0 Å². The summed E-state index contributed by atoms with van der Waals surface area (Å²) in [6.07, 6.45) is 0.475. The van der Waals surface area contributed by atoms with Crippen molar-refractivity contribution < 1.29 is 15.2 Å². The van der Waals surface area contributed by atoms with Gasteiger partial charge in [0.1, 0.15) is 6.04 Å². The number of carbonyl (C=O) groups is 1. The number of aromatic nitrogens is 1. The van der Waals surface area contributed by atoms with E-state index in [1.807, 2.05) is 41.7 Å². The van der Waals surface area contributed by atoms with E-state index in [2.05, 4.69) is 35.3 Å². The van der Waals surface area contributed by atoms with Crippen molar-refractivity contribution in [1.82, 2.24) is 4.98 Å². The number of carboxylic acid groups (broad SMARTS) is 1. The monoisotopic (exact) mass is 342 g/mol. The second-order valence-corrected chi connectivity index (χ2v) is 6.93. The van der Waals surface area contributed by atoms with Crippen LogP contribution < -0.4 is 10.4 Å². The Kier molecular flexibility index (Phi) is 3.33. The highest BCUT2D eigenvalue weighted by atomic mass is 16.4. The topological polar surface area (TPSA) is 72.5 Å². The van der Waals surface area contributed by atoms with Gasteiger partial charge in [-0.2, -0.15) is 0 Å². The quantitative estimate of drug-likeness (QED) is 0.581. The number of fused-ring (bicyclic) bond motifs is 4. The molecule has 4 aromatic rings. The summed E-state index contributed by atoms with van der Waals surface area (Å²) >= 11 is 0.